The molecule has 3 N–H and O–H groups in total. The number of nitrogens with zero attached hydrogens (tertiary/aromatic N) is 1. The number of carbonyl (C=O) groups is 1. The quantitative estimate of drug-likeness (QED) is 0.893. The minimum absolute atomic E-state index is 0.0575. The maximum Gasteiger partial charge on any atom is 0.229 e. The van der Waals surface area contributed by atoms with Gasteiger partial charge in [-0.15, -0.1) is 0 Å². The SMILES string of the molecule is NC1CCC(C(=O)Nc2nc3cc(Cl)ccc3s2)CC1. The number of rotatable bonds is 2. The van der Waals surface area contributed by atoms with Crippen LogP contribution in [0.4, 0.5) is 5.13 Å². The topological polar surface area (TPSA) is 68.0 Å². The van der Waals surface area contributed by atoms with Gasteiger partial charge in [-0.05, 0) is 43.9 Å². The van der Waals surface area contributed by atoms with Crippen molar-refractivity contribution >= 4 is 44.2 Å². The van der Waals surface area contributed by atoms with E-state index in [0.29, 0.717) is 10.2 Å². The first kappa shape index (κ1) is 13.8. The van der Waals surface area contributed by atoms with Crippen molar-refractivity contribution in [1.82, 2.24) is 4.98 Å². The largest absolute Gasteiger partial charge is 0.328 e. The maximum absolute atomic E-state index is 12.2. The van der Waals surface area contributed by atoms with Crippen molar-refractivity contribution in [2.75, 3.05) is 5.32 Å². The normalized spacial score (nSPS) is 22.9. The van der Waals surface area contributed by atoms with Crippen LogP contribution in [0, 0.1) is 5.92 Å². The second kappa shape index (κ2) is 5.68. The van der Waals surface area contributed by atoms with Crippen LogP contribution in [-0.4, -0.2) is 16.9 Å². The van der Waals surface area contributed by atoms with E-state index in [1.807, 2.05) is 18.2 Å². The standard InChI is InChI=1S/C14H16ClN3OS/c15-9-3-6-12-11(7-9)17-14(20-12)18-13(19)8-1-4-10(16)5-2-8/h3,6-8,10H,1-2,4-5,16H2,(H,17,18,19). The summed E-state index contributed by atoms with van der Waals surface area (Å²) in [5.41, 5.74) is 6.68. The summed E-state index contributed by atoms with van der Waals surface area (Å²) in [6, 6.07) is 5.81. The number of hydrogen-bond acceptors (Lipinski definition) is 4. The molecule has 3 rings (SSSR count). The third-order valence-corrected chi connectivity index (χ3v) is 4.91. The van der Waals surface area contributed by atoms with Gasteiger partial charge in [0.2, 0.25) is 5.91 Å². The van der Waals surface area contributed by atoms with Crippen molar-refractivity contribution in [1.29, 1.82) is 0 Å². The van der Waals surface area contributed by atoms with E-state index in [0.717, 1.165) is 35.9 Å². The van der Waals surface area contributed by atoms with Crippen LogP contribution in [0.15, 0.2) is 18.2 Å². The van der Waals surface area contributed by atoms with Crippen molar-refractivity contribution in [2.45, 2.75) is 31.7 Å². The van der Waals surface area contributed by atoms with Crippen LogP contribution >= 0.6 is 22.9 Å². The van der Waals surface area contributed by atoms with Gasteiger partial charge < -0.3 is 11.1 Å². The third-order valence-electron chi connectivity index (χ3n) is 3.72. The molecule has 20 heavy (non-hydrogen) atoms. The van der Waals surface area contributed by atoms with Gasteiger partial charge in [-0.3, -0.25) is 4.79 Å². The number of nitrogens with two attached hydrogens (primary N) is 1. The molecular weight excluding hydrogens is 294 g/mol. The lowest BCUT2D eigenvalue weighted by Gasteiger charge is -2.24. The molecule has 1 aliphatic carbocycles. The second-order valence-corrected chi connectivity index (χ2v) is 6.70. The lowest BCUT2D eigenvalue weighted by molar-refractivity contribution is -0.120. The maximum atomic E-state index is 12.2. The summed E-state index contributed by atoms with van der Waals surface area (Å²) in [7, 11) is 0. The van der Waals surface area contributed by atoms with E-state index in [1.54, 1.807) is 0 Å². The van der Waals surface area contributed by atoms with Gasteiger partial charge in [-0.1, -0.05) is 22.9 Å². The molecule has 1 amide bonds. The van der Waals surface area contributed by atoms with E-state index in [1.165, 1.54) is 11.3 Å². The number of aromatic nitrogens is 1. The molecule has 106 valence electrons. The van der Waals surface area contributed by atoms with Gasteiger partial charge in [0.15, 0.2) is 5.13 Å². The molecule has 0 atom stereocenters. The summed E-state index contributed by atoms with van der Waals surface area (Å²) in [6.07, 6.45) is 3.58. The number of fused-ring (bicyclic) bond motifs is 1. The highest BCUT2D eigenvalue weighted by molar-refractivity contribution is 7.22. The van der Waals surface area contributed by atoms with Gasteiger partial charge in [0.1, 0.15) is 0 Å². The third kappa shape index (κ3) is 2.95. The van der Waals surface area contributed by atoms with Crippen LogP contribution in [-0.2, 0) is 4.79 Å². The van der Waals surface area contributed by atoms with E-state index in [2.05, 4.69) is 10.3 Å². The first-order valence-electron chi connectivity index (χ1n) is 6.74. The van der Waals surface area contributed by atoms with Gasteiger partial charge in [0, 0.05) is 17.0 Å². The van der Waals surface area contributed by atoms with Gasteiger partial charge in [0.05, 0.1) is 10.2 Å². The number of anilines is 1. The predicted molar refractivity (Wildman–Crippen MR) is 83.2 cm³/mol. The van der Waals surface area contributed by atoms with Gasteiger partial charge in [-0.2, -0.15) is 0 Å². The van der Waals surface area contributed by atoms with Crippen LogP contribution < -0.4 is 11.1 Å². The van der Waals surface area contributed by atoms with Crippen LogP contribution in [0.25, 0.3) is 10.2 Å². The highest BCUT2D eigenvalue weighted by Gasteiger charge is 2.25. The smallest absolute Gasteiger partial charge is 0.229 e. The van der Waals surface area contributed by atoms with Crippen molar-refractivity contribution in [2.24, 2.45) is 11.7 Å². The summed E-state index contributed by atoms with van der Waals surface area (Å²) in [5, 5.41) is 4.22. The van der Waals surface area contributed by atoms with E-state index in [9.17, 15) is 4.79 Å². The molecule has 1 saturated carbocycles. The number of amides is 1. The molecule has 0 unspecified atom stereocenters. The fraction of sp³-hybridized carbons (Fsp3) is 0.429. The van der Waals surface area contributed by atoms with E-state index in [-0.39, 0.29) is 17.9 Å². The number of halogens is 1. The summed E-state index contributed by atoms with van der Waals surface area (Å²) in [4.78, 5) is 16.6. The first-order chi connectivity index (χ1) is 9.61. The van der Waals surface area contributed by atoms with Crippen molar-refractivity contribution in [3.8, 4) is 0 Å². The molecule has 0 saturated heterocycles. The lowest BCUT2D eigenvalue weighted by atomic mass is 9.86. The number of carbonyl (C=O) groups excluding carboxylic acids is 1. The van der Waals surface area contributed by atoms with Crippen molar-refractivity contribution in [3.63, 3.8) is 0 Å². The summed E-state index contributed by atoms with van der Waals surface area (Å²) >= 11 is 7.41. The highest BCUT2D eigenvalue weighted by atomic mass is 35.5. The summed E-state index contributed by atoms with van der Waals surface area (Å²) < 4.78 is 1.02. The van der Waals surface area contributed by atoms with Gasteiger partial charge in [-0.25, -0.2) is 4.98 Å². The first-order valence-corrected chi connectivity index (χ1v) is 7.94. The number of benzene rings is 1. The zero-order chi connectivity index (χ0) is 14.1. The summed E-state index contributed by atoms with van der Waals surface area (Å²) in [6.45, 7) is 0. The number of hydrogen-bond donors (Lipinski definition) is 2. The highest BCUT2D eigenvalue weighted by Crippen LogP contribution is 2.30. The van der Waals surface area contributed by atoms with Crippen molar-refractivity contribution in [3.05, 3.63) is 23.2 Å². The van der Waals surface area contributed by atoms with Crippen LogP contribution in [0.1, 0.15) is 25.7 Å². The molecule has 4 nitrogen and oxygen atoms in total. The zero-order valence-electron chi connectivity index (χ0n) is 10.9. The Morgan fingerprint density at radius 2 is 2.10 bits per heavy atom. The molecule has 1 aromatic carbocycles. The van der Waals surface area contributed by atoms with E-state index in [4.69, 9.17) is 17.3 Å². The Labute approximate surface area is 126 Å². The average Bonchev–Trinajstić information content (AvgIpc) is 2.80. The fourth-order valence-corrected chi connectivity index (χ4v) is 3.56. The molecular formula is C14H16ClN3OS. The van der Waals surface area contributed by atoms with Crippen LogP contribution in [0.3, 0.4) is 0 Å². The van der Waals surface area contributed by atoms with Gasteiger partial charge >= 0.3 is 0 Å². The second-order valence-electron chi connectivity index (χ2n) is 5.23. The number of nitrogens with one attached hydrogen (secondary N) is 1. The van der Waals surface area contributed by atoms with Crippen LogP contribution in [0.5, 0.6) is 0 Å². The fourth-order valence-electron chi connectivity index (χ4n) is 2.54. The Morgan fingerprint density at radius 1 is 1.35 bits per heavy atom. The van der Waals surface area contributed by atoms with Gasteiger partial charge in [0.25, 0.3) is 0 Å². The molecule has 0 radical (unpaired) electrons. The number of thiazole rings is 1. The van der Waals surface area contributed by atoms with Crippen LogP contribution in [0.2, 0.25) is 5.02 Å². The Hall–Kier alpha value is -1.17. The summed E-state index contributed by atoms with van der Waals surface area (Å²) in [5.74, 6) is 0.118. The molecule has 1 aliphatic rings. The predicted octanol–water partition coefficient (Wildman–Crippen LogP) is 3.41. The van der Waals surface area contributed by atoms with E-state index < -0.39 is 0 Å². The molecule has 6 heteroatoms. The average molecular weight is 310 g/mol. The molecule has 1 fully saturated rings. The molecule has 0 bridgehead atoms. The minimum atomic E-state index is 0.0575. The monoisotopic (exact) mass is 309 g/mol. The molecule has 0 spiro atoms. The molecule has 1 aromatic heterocycles. The Kier molecular flexibility index (Phi) is 3.92. The molecule has 1 heterocycles. The molecule has 2 aromatic rings. The Balaban J connectivity index is 1.71. The lowest BCUT2D eigenvalue weighted by Crippen LogP contribution is -2.32. The Bertz CT molecular complexity index is 634. The minimum Gasteiger partial charge on any atom is -0.328 e. The zero-order valence-corrected chi connectivity index (χ0v) is 12.5. The van der Waals surface area contributed by atoms with Crippen molar-refractivity contribution < 1.29 is 4.79 Å². The molecule has 0 aliphatic heterocycles. The van der Waals surface area contributed by atoms with E-state index >= 15 is 0 Å². The Morgan fingerprint density at radius 3 is 2.85 bits per heavy atom.